The fourth-order valence-corrected chi connectivity index (χ4v) is 6.02. The predicted molar refractivity (Wildman–Crippen MR) is 148 cm³/mol. The molecule has 0 saturated carbocycles. The maximum absolute atomic E-state index is 11.9. The summed E-state index contributed by atoms with van der Waals surface area (Å²) in [5, 5.41) is 4.40. The fourth-order valence-electron chi connectivity index (χ4n) is 5.36. The van der Waals surface area contributed by atoms with Crippen molar-refractivity contribution < 1.29 is 9.53 Å². The second kappa shape index (κ2) is 11.9. The molecule has 0 aliphatic carbocycles. The minimum absolute atomic E-state index is 0.368. The van der Waals surface area contributed by atoms with E-state index in [1.807, 2.05) is 13.8 Å². The number of anilines is 1. The van der Waals surface area contributed by atoms with E-state index in [0.29, 0.717) is 17.6 Å². The molecule has 36 heavy (non-hydrogen) atoms. The van der Waals surface area contributed by atoms with Gasteiger partial charge in [0.05, 0.1) is 7.11 Å². The quantitative estimate of drug-likeness (QED) is 0.401. The van der Waals surface area contributed by atoms with Gasteiger partial charge < -0.3 is 20.3 Å². The van der Waals surface area contributed by atoms with Crippen molar-refractivity contribution in [3.05, 3.63) is 75.2 Å². The van der Waals surface area contributed by atoms with Crippen molar-refractivity contribution in [3.63, 3.8) is 0 Å². The Morgan fingerprint density at radius 2 is 1.94 bits per heavy atom. The number of pyridine rings is 1. The van der Waals surface area contributed by atoms with Gasteiger partial charge in [0.1, 0.15) is 5.75 Å². The number of rotatable bonds is 10. The highest BCUT2D eigenvalue weighted by Crippen LogP contribution is 2.29. The van der Waals surface area contributed by atoms with E-state index in [1.165, 1.54) is 11.3 Å². The standard InChI is InChI=1S/C29H38N4O2S/c1-20-17-31-27(22(3)28(20)29(30)34)10-5-21(2)32-14-11-25(12-15-32)33(18-23-13-16-36-19-23)24-6-8-26(35-4)9-7-24/h6-9,13,16-17,19,21,25H,5,10-12,14-15,18H2,1-4H3,(H2,30,34)/t21-/m1/s1. The largest absolute Gasteiger partial charge is 0.497 e. The molecule has 7 heteroatoms. The van der Waals surface area contributed by atoms with Crippen molar-refractivity contribution in [1.29, 1.82) is 0 Å². The van der Waals surface area contributed by atoms with Crippen molar-refractivity contribution in [2.45, 2.75) is 65.1 Å². The highest BCUT2D eigenvalue weighted by Gasteiger charge is 2.27. The van der Waals surface area contributed by atoms with Crippen LogP contribution in [0.5, 0.6) is 5.75 Å². The van der Waals surface area contributed by atoms with Crippen LogP contribution in [0.4, 0.5) is 5.69 Å². The first kappa shape index (κ1) is 26.2. The Balaban J connectivity index is 1.38. The highest BCUT2D eigenvalue weighted by atomic mass is 32.1. The molecule has 3 heterocycles. The SMILES string of the molecule is COc1ccc(N(Cc2ccsc2)C2CCN([C@H](C)CCc3ncc(C)c(C(N)=O)c3C)CC2)cc1. The second-order valence-electron chi connectivity index (χ2n) is 9.86. The number of likely N-dealkylation sites (tertiary alicyclic amines) is 1. The lowest BCUT2D eigenvalue weighted by Crippen LogP contribution is -2.47. The van der Waals surface area contributed by atoms with Crippen LogP contribution in [0.15, 0.2) is 47.3 Å². The van der Waals surface area contributed by atoms with Crippen molar-refractivity contribution in [3.8, 4) is 5.75 Å². The Morgan fingerprint density at radius 3 is 2.56 bits per heavy atom. The Morgan fingerprint density at radius 1 is 1.22 bits per heavy atom. The summed E-state index contributed by atoms with van der Waals surface area (Å²) in [6.07, 6.45) is 5.91. The van der Waals surface area contributed by atoms with Crippen molar-refractivity contribution in [2.75, 3.05) is 25.1 Å². The third-order valence-electron chi connectivity index (χ3n) is 7.56. The zero-order valence-corrected chi connectivity index (χ0v) is 22.7. The van der Waals surface area contributed by atoms with E-state index >= 15 is 0 Å². The lowest BCUT2D eigenvalue weighted by molar-refractivity contribution is 0.0999. The van der Waals surface area contributed by atoms with E-state index in [-0.39, 0.29) is 5.91 Å². The molecule has 1 amide bonds. The molecule has 0 radical (unpaired) electrons. The molecule has 0 bridgehead atoms. The zero-order valence-electron chi connectivity index (χ0n) is 21.9. The summed E-state index contributed by atoms with van der Waals surface area (Å²) in [6.45, 7) is 9.25. The average Bonchev–Trinajstić information content (AvgIpc) is 3.40. The molecule has 1 fully saturated rings. The van der Waals surface area contributed by atoms with Gasteiger partial charge in [-0.25, -0.2) is 0 Å². The monoisotopic (exact) mass is 506 g/mol. The average molecular weight is 507 g/mol. The summed E-state index contributed by atoms with van der Waals surface area (Å²) in [5.74, 6) is 0.520. The van der Waals surface area contributed by atoms with Gasteiger partial charge in [0.2, 0.25) is 5.91 Å². The van der Waals surface area contributed by atoms with E-state index in [2.05, 4.69) is 62.8 Å². The number of carbonyl (C=O) groups excluding carboxylic acids is 1. The molecule has 0 spiro atoms. The van der Waals surface area contributed by atoms with Crippen LogP contribution in [0, 0.1) is 13.8 Å². The number of methoxy groups -OCH3 is 1. The van der Waals surface area contributed by atoms with Gasteiger partial charge in [-0.15, -0.1) is 0 Å². The van der Waals surface area contributed by atoms with Crippen LogP contribution in [-0.2, 0) is 13.0 Å². The summed E-state index contributed by atoms with van der Waals surface area (Å²) in [6, 6.07) is 11.6. The van der Waals surface area contributed by atoms with Crippen LogP contribution in [0.3, 0.4) is 0 Å². The molecule has 1 aliphatic heterocycles. The minimum Gasteiger partial charge on any atom is -0.497 e. The van der Waals surface area contributed by atoms with Gasteiger partial charge in [-0.3, -0.25) is 9.78 Å². The van der Waals surface area contributed by atoms with E-state index < -0.39 is 0 Å². The lowest BCUT2D eigenvalue weighted by atomic mass is 9.97. The van der Waals surface area contributed by atoms with Gasteiger partial charge in [-0.1, -0.05) is 0 Å². The number of nitrogens with zero attached hydrogens (tertiary/aromatic N) is 3. The number of piperidine rings is 1. The number of aryl methyl sites for hydroxylation is 2. The van der Waals surface area contributed by atoms with Crippen LogP contribution in [0.2, 0.25) is 0 Å². The van der Waals surface area contributed by atoms with E-state index in [1.54, 1.807) is 24.6 Å². The fraction of sp³-hybridized carbons (Fsp3) is 0.448. The maximum Gasteiger partial charge on any atom is 0.249 e. The molecule has 1 atom stereocenters. The molecule has 1 aromatic carbocycles. The third kappa shape index (κ3) is 6.08. The van der Waals surface area contributed by atoms with Crippen LogP contribution in [0.25, 0.3) is 0 Å². The minimum atomic E-state index is -0.368. The smallest absolute Gasteiger partial charge is 0.249 e. The Bertz CT molecular complexity index is 1140. The molecule has 3 aromatic rings. The normalized spacial score (nSPS) is 15.6. The number of benzene rings is 1. The van der Waals surface area contributed by atoms with Gasteiger partial charge in [-0.05, 0) is 104 Å². The molecule has 0 unspecified atom stereocenters. The summed E-state index contributed by atoms with van der Waals surface area (Å²) >= 11 is 1.76. The van der Waals surface area contributed by atoms with Crippen molar-refractivity contribution >= 4 is 22.9 Å². The number of hydrogen-bond acceptors (Lipinski definition) is 6. The molecule has 1 aliphatic rings. The number of aromatic nitrogens is 1. The molecule has 1 saturated heterocycles. The number of thiophene rings is 1. The van der Waals surface area contributed by atoms with Crippen LogP contribution >= 0.6 is 11.3 Å². The first-order chi connectivity index (χ1) is 17.4. The van der Waals surface area contributed by atoms with E-state index in [4.69, 9.17) is 10.5 Å². The summed E-state index contributed by atoms with van der Waals surface area (Å²) in [5.41, 5.74) is 11.6. The van der Waals surface area contributed by atoms with Gasteiger partial charge in [-0.2, -0.15) is 11.3 Å². The number of carbonyl (C=O) groups is 1. The topological polar surface area (TPSA) is 71.7 Å². The number of amides is 1. The van der Waals surface area contributed by atoms with E-state index in [0.717, 1.165) is 67.9 Å². The van der Waals surface area contributed by atoms with Crippen molar-refractivity contribution in [2.24, 2.45) is 5.73 Å². The molecule has 6 nitrogen and oxygen atoms in total. The zero-order chi connectivity index (χ0) is 25.7. The molecular formula is C29H38N4O2S. The van der Waals surface area contributed by atoms with Gasteiger partial charge in [0.15, 0.2) is 0 Å². The van der Waals surface area contributed by atoms with Crippen LogP contribution in [-0.4, -0.2) is 48.1 Å². The molecule has 4 rings (SSSR count). The number of nitrogens with two attached hydrogens (primary N) is 1. The lowest BCUT2D eigenvalue weighted by Gasteiger charge is -2.42. The third-order valence-corrected chi connectivity index (χ3v) is 8.29. The molecule has 2 aromatic heterocycles. The molecular weight excluding hydrogens is 468 g/mol. The van der Waals surface area contributed by atoms with Gasteiger partial charge in [0.25, 0.3) is 0 Å². The second-order valence-corrected chi connectivity index (χ2v) is 10.6. The first-order valence-corrected chi connectivity index (χ1v) is 13.7. The Kier molecular flexibility index (Phi) is 8.64. The van der Waals surface area contributed by atoms with Crippen molar-refractivity contribution in [1.82, 2.24) is 9.88 Å². The predicted octanol–water partition coefficient (Wildman–Crippen LogP) is 5.36. The van der Waals surface area contributed by atoms with E-state index in [9.17, 15) is 4.79 Å². The number of ether oxygens (including phenoxy) is 1. The maximum atomic E-state index is 11.9. The molecule has 192 valence electrons. The molecule has 2 N–H and O–H groups in total. The van der Waals surface area contributed by atoms with Crippen LogP contribution < -0.4 is 15.4 Å². The number of hydrogen-bond donors (Lipinski definition) is 1. The highest BCUT2D eigenvalue weighted by molar-refractivity contribution is 7.07. The summed E-state index contributed by atoms with van der Waals surface area (Å²) < 4.78 is 5.38. The summed E-state index contributed by atoms with van der Waals surface area (Å²) in [7, 11) is 1.71. The van der Waals surface area contributed by atoms with Gasteiger partial charge >= 0.3 is 0 Å². The van der Waals surface area contributed by atoms with Gasteiger partial charge in [0, 0.05) is 54.9 Å². The van der Waals surface area contributed by atoms with Crippen LogP contribution in [0.1, 0.15) is 58.9 Å². The Labute approximate surface area is 219 Å². The first-order valence-electron chi connectivity index (χ1n) is 12.8. The summed E-state index contributed by atoms with van der Waals surface area (Å²) in [4.78, 5) is 21.7. The number of primary amides is 1. The Hall–Kier alpha value is -2.90.